The van der Waals surface area contributed by atoms with Gasteiger partial charge in [0.05, 0.1) is 13.5 Å². The van der Waals surface area contributed by atoms with Crippen molar-refractivity contribution in [2.75, 3.05) is 14.2 Å². The first kappa shape index (κ1) is 15.4. The number of carbonyl (C=O) groups excluding carboxylic acids is 1. The highest BCUT2D eigenvalue weighted by molar-refractivity contribution is 6.30. The summed E-state index contributed by atoms with van der Waals surface area (Å²) in [6.07, 6.45) is 0.376. The smallest absolute Gasteiger partial charge is 0.227 e. The molecule has 0 heterocycles. The molecule has 0 N–H and O–H groups in total. The predicted molar refractivity (Wildman–Crippen MR) is 84.6 cm³/mol. The number of carbonyl (C=O) groups is 1. The van der Waals surface area contributed by atoms with Gasteiger partial charge in [0, 0.05) is 18.6 Å². The topological polar surface area (TPSA) is 29.5 Å². The summed E-state index contributed by atoms with van der Waals surface area (Å²) in [6, 6.07) is 15.1. The molecule has 0 unspecified atom stereocenters. The molecule has 0 aliphatic heterocycles. The minimum Gasteiger partial charge on any atom is -0.497 e. The van der Waals surface area contributed by atoms with Crippen LogP contribution in [-0.2, 0) is 17.8 Å². The minimum absolute atomic E-state index is 0.0696. The number of rotatable bonds is 5. The van der Waals surface area contributed by atoms with E-state index in [1.165, 1.54) is 0 Å². The van der Waals surface area contributed by atoms with Gasteiger partial charge in [-0.15, -0.1) is 0 Å². The zero-order valence-electron chi connectivity index (χ0n) is 12.2. The lowest BCUT2D eigenvalue weighted by Gasteiger charge is -2.17. The maximum absolute atomic E-state index is 12.2. The van der Waals surface area contributed by atoms with Gasteiger partial charge in [0.2, 0.25) is 5.91 Å². The maximum Gasteiger partial charge on any atom is 0.227 e. The summed E-state index contributed by atoms with van der Waals surface area (Å²) in [5.41, 5.74) is 1.99. The van der Waals surface area contributed by atoms with Gasteiger partial charge in [-0.3, -0.25) is 4.79 Å². The van der Waals surface area contributed by atoms with Gasteiger partial charge < -0.3 is 9.64 Å². The van der Waals surface area contributed by atoms with Gasteiger partial charge in [0.25, 0.3) is 0 Å². The summed E-state index contributed by atoms with van der Waals surface area (Å²) in [5.74, 6) is 0.860. The highest BCUT2D eigenvalue weighted by Crippen LogP contribution is 2.14. The SMILES string of the molecule is COc1ccc(CC(=O)N(C)Cc2cccc(Cl)c2)cc1. The second-order valence-corrected chi connectivity index (χ2v) is 5.34. The fourth-order valence-corrected chi connectivity index (χ4v) is 2.26. The van der Waals surface area contributed by atoms with Crippen LogP contribution in [0.25, 0.3) is 0 Å². The molecule has 0 bridgehead atoms. The standard InChI is InChI=1S/C17H18ClNO2/c1-19(12-14-4-3-5-15(18)10-14)17(20)11-13-6-8-16(21-2)9-7-13/h3-10H,11-12H2,1-2H3. The molecular weight excluding hydrogens is 286 g/mol. The molecule has 0 radical (unpaired) electrons. The summed E-state index contributed by atoms with van der Waals surface area (Å²) in [4.78, 5) is 13.9. The van der Waals surface area contributed by atoms with E-state index in [4.69, 9.17) is 16.3 Å². The molecular formula is C17H18ClNO2. The minimum atomic E-state index is 0.0696. The fraction of sp³-hybridized carbons (Fsp3) is 0.235. The molecule has 2 rings (SSSR count). The lowest BCUT2D eigenvalue weighted by Crippen LogP contribution is -2.27. The van der Waals surface area contributed by atoms with Gasteiger partial charge in [-0.1, -0.05) is 35.9 Å². The zero-order chi connectivity index (χ0) is 15.2. The van der Waals surface area contributed by atoms with Crippen molar-refractivity contribution >= 4 is 17.5 Å². The Hall–Kier alpha value is -2.00. The van der Waals surface area contributed by atoms with E-state index >= 15 is 0 Å². The van der Waals surface area contributed by atoms with Crippen LogP contribution in [-0.4, -0.2) is 25.0 Å². The van der Waals surface area contributed by atoms with Crippen molar-refractivity contribution in [2.45, 2.75) is 13.0 Å². The monoisotopic (exact) mass is 303 g/mol. The second-order valence-electron chi connectivity index (χ2n) is 4.90. The van der Waals surface area contributed by atoms with Crippen LogP contribution in [0.5, 0.6) is 5.75 Å². The van der Waals surface area contributed by atoms with Crippen molar-refractivity contribution in [1.29, 1.82) is 0 Å². The zero-order valence-corrected chi connectivity index (χ0v) is 12.9. The van der Waals surface area contributed by atoms with Crippen LogP contribution in [0.3, 0.4) is 0 Å². The van der Waals surface area contributed by atoms with E-state index in [0.717, 1.165) is 16.9 Å². The summed E-state index contributed by atoms with van der Waals surface area (Å²) >= 11 is 5.95. The Morgan fingerprint density at radius 1 is 1.14 bits per heavy atom. The number of ether oxygens (including phenoxy) is 1. The quantitative estimate of drug-likeness (QED) is 0.845. The molecule has 2 aromatic carbocycles. The molecule has 2 aromatic rings. The van der Waals surface area contributed by atoms with Crippen molar-refractivity contribution in [3.8, 4) is 5.75 Å². The summed E-state index contributed by atoms with van der Waals surface area (Å²) in [6.45, 7) is 0.551. The van der Waals surface area contributed by atoms with Crippen LogP contribution < -0.4 is 4.74 Å². The predicted octanol–water partition coefficient (Wildman–Crippen LogP) is 3.55. The first-order valence-electron chi connectivity index (χ1n) is 6.70. The molecule has 21 heavy (non-hydrogen) atoms. The van der Waals surface area contributed by atoms with Crippen molar-refractivity contribution in [3.63, 3.8) is 0 Å². The molecule has 0 aliphatic carbocycles. The third kappa shape index (κ3) is 4.50. The number of amides is 1. The van der Waals surface area contributed by atoms with Gasteiger partial charge in [-0.2, -0.15) is 0 Å². The molecule has 4 heteroatoms. The highest BCUT2D eigenvalue weighted by atomic mass is 35.5. The lowest BCUT2D eigenvalue weighted by molar-refractivity contribution is -0.129. The van der Waals surface area contributed by atoms with Gasteiger partial charge in [-0.05, 0) is 35.4 Å². The van der Waals surface area contributed by atoms with Crippen molar-refractivity contribution in [3.05, 3.63) is 64.7 Å². The molecule has 0 aromatic heterocycles. The fourth-order valence-electron chi connectivity index (χ4n) is 2.05. The average Bonchev–Trinajstić information content (AvgIpc) is 2.48. The first-order chi connectivity index (χ1) is 10.1. The Balaban J connectivity index is 1.95. The second kappa shape index (κ2) is 7.14. The molecule has 3 nitrogen and oxygen atoms in total. The first-order valence-corrected chi connectivity index (χ1v) is 7.07. The van der Waals surface area contributed by atoms with Crippen LogP contribution in [0.15, 0.2) is 48.5 Å². The molecule has 0 atom stereocenters. The molecule has 0 aliphatic rings. The van der Waals surface area contributed by atoms with E-state index < -0.39 is 0 Å². The summed E-state index contributed by atoms with van der Waals surface area (Å²) in [5, 5.41) is 0.684. The molecule has 1 amide bonds. The van der Waals surface area contributed by atoms with Gasteiger partial charge in [0.15, 0.2) is 0 Å². The van der Waals surface area contributed by atoms with Gasteiger partial charge >= 0.3 is 0 Å². The van der Waals surface area contributed by atoms with Crippen molar-refractivity contribution in [1.82, 2.24) is 4.90 Å². The third-order valence-corrected chi connectivity index (χ3v) is 3.48. The van der Waals surface area contributed by atoms with E-state index in [0.29, 0.717) is 18.0 Å². The molecule has 0 fully saturated rings. The largest absolute Gasteiger partial charge is 0.497 e. The number of likely N-dealkylation sites (N-methyl/N-ethyl adjacent to an activating group) is 1. The lowest BCUT2D eigenvalue weighted by atomic mass is 10.1. The summed E-state index contributed by atoms with van der Waals surface area (Å²) < 4.78 is 5.10. The van der Waals surface area contributed by atoms with E-state index in [9.17, 15) is 4.79 Å². The van der Waals surface area contributed by atoms with Crippen LogP contribution >= 0.6 is 11.6 Å². The van der Waals surface area contributed by atoms with Crippen LogP contribution in [0.2, 0.25) is 5.02 Å². The van der Waals surface area contributed by atoms with Crippen LogP contribution in [0.4, 0.5) is 0 Å². The van der Waals surface area contributed by atoms with E-state index in [2.05, 4.69) is 0 Å². The van der Waals surface area contributed by atoms with E-state index in [1.54, 1.807) is 19.1 Å². The number of benzene rings is 2. The molecule has 0 saturated heterocycles. The van der Waals surface area contributed by atoms with Crippen molar-refractivity contribution < 1.29 is 9.53 Å². The molecule has 0 saturated carbocycles. The number of halogens is 1. The molecule has 110 valence electrons. The number of hydrogen-bond acceptors (Lipinski definition) is 2. The van der Waals surface area contributed by atoms with Crippen molar-refractivity contribution in [2.24, 2.45) is 0 Å². The maximum atomic E-state index is 12.2. The highest BCUT2D eigenvalue weighted by Gasteiger charge is 2.10. The Bertz CT molecular complexity index is 610. The average molecular weight is 304 g/mol. The summed E-state index contributed by atoms with van der Waals surface area (Å²) in [7, 11) is 3.42. The number of methoxy groups -OCH3 is 1. The van der Waals surface area contributed by atoms with Gasteiger partial charge in [-0.25, -0.2) is 0 Å². The number of nitrogens with zero attached hydrogens (tertiary/aromatic N) is 1. The number of hydrogen-bond donors (Lipinski definition) is 0. The Morgan fingerprint density at radius 2 is 1.86 bits per heavy atom. The van der Waals surface area contributed by atoms with E-state index in [-0.39, 0.29) is 5.91 Å². The van der Waals surface area contributed by atoms with Gasteiger partial charge in [0.1, 0.15) is 5.75 Å². The van der Waals surface area contributed by atoms with Crippen LogP contribution in [0, 0.1) is 0 Å². The van der Waals surface area contributed by atoms with Crippen LogP contribution in [0.1, 0.15) is 11.1 Å². The Kier molecular flexibility index (Phi) is 5.23. The van der Waals surface area contributed by atoms with E-state index in [1.807, 2.05) is 48.5 Å². The third-order valence-electron chi connectivity index (χ3n) is 3.25. The Morgan fingerprint density at radius 3 is 2.48 bits per heavy atom. The Labute approximate surface area is 130 Å². The normalized spacial score (nSPS) is 10.2. The molecule has 0 spiro atoms.